The van der Waals surface area contributed by atoms with Crippen LogP contribution in [0.4, 0.5) is 23.0 Å². The minimum absolute atomic E-state index is 0.0695. The first kappa shape index (κ1) is 22.5. The predicted molar refractivity (Wildman–Crippen MR) is 137 cm³/mol. The van der Waals surface area contributed by atoms with Crippen molar-refractivity contribution in [1.82, 2.24) is 15.0 Å². The number of hydrogen-bond acceptors (Lipinski definition) is 7. The Morgan fingerprint density at radius 2 is 1.89 bits per heavy atom. The summed E-state index contributed by atoms with van der Waals surface area (Å²) in [4.78, 5) is 42.0. The summed E-state index contributed by atoms with van der Waals surface area (Å²) in [5.74, 6) is 1.39. The molecule has 36 heavy (non-hydrogen) atoms. The molecular formula is C27H28N6O3. The third-order valence-corrected chi connectivity index (χ3v) is 7.01. The topological polar surface area (TPSA) is 101 Å². The summed E-state index contributed by atoms with van der Waals surface area (Å²) in [6.45, 7) is 5.46. The van der Waals surface area contributed by atoms with Crippen molar-refractivity contribution in [3.63, 3.8) is 0 Å². The zero-order valence-electron chi connectivity index (χ0n) is 20.4. The van der Waals surface area contributed by atoms with Gasteiger partial charge in [0.15, 0.2) is 0 Å². The molecule has 6 rings (SSSR count). The molecule has 2 saturated heterocycles. The molecule has 0 aliphatic carbocycles. The smallest absolute Gasteiger partial charge is 0.238 e. The summed E-state index contributed by atoms with van der Waals surface area (Å²) in [7, 11) is 0. The van der Waals surface area contributed by atoms with Crippen molar-refractivity contribution in [2.24, 2.45) is 0 Å². The summed E-state index contributed by atoms with van der Waals surface area (Å²) >= 11 is 0. The van der Waals surface area contributed by atoms with Crippen LogP contribution in [0.3, 0.4) is 0 Å². The highest BCUT2D eigenvalue weighted by Crippen LogP contribution is 2.39. The lowest BCUT2D eigenvalue weighted by Crippen LogP contribution is -2.40. The number of carbonyl (C=O) groups excluding carboxylic acids is 2. The Kier molecular flexibility index (Phi) is 5.55. The molecule has 1 atom stereocenters. The number of aromatic nitrogens is 3. The van der Waals surface area contributed by atoms with Crippen molar-refractivity contribution in [3.8, 4) is 17.0 Å². The summed E-state index contributed by atoms with van der Waals surface area (Å²) in [5.41, 5.74) is 5.19. The second-order valence-electron chi connectivity index (χ2n) is 9.78. The molecule has 3 aromatic rings. The molecule has 0 radical (unpaired) electrons. The van der Waals surface area contributed by atoms with E-state index in [2.05, 4.69) is 29.1 Å². The monoisotopic (exact) mass is 484 g/mol. The highest BCUT2D eigenvalue weighted by molar-refractivity contribution is 5.98. The standard InChI is InChI=1S/C27H28N6O3/c1-16(2)25-21(17-5-7-19(8-6-17)32-11-3-4-23(32)34)14-29-27(31-25)30-18-12-22-26(28-13-18)36-15-20-9-10-24(35)33(20)22/h5-8,12-14,16,20H,3-4,9-11,15H2,1-2H3,(H,29,30,31)/t20-/m0/s1. The number of ether oxygens (including phenoxy) is 1. The van der Waals surface area contributed by atoms with E-state index in [0.717, 1.165) is 41.9 Å². The minimum Gasteiger partial charge on any atom is -0.474 e. The Morgan fingerprint density at radius 3 is 2.64 bits per heavy atom. The zero-order valence-corrected chi connectivity index (χ0v) is 20.4. The number of nitrogens with one attached hydrogen (secondary N) is 1. The van der Waals surface area contributed by atoms with Crippen molar-refractivity contribution in [1.29, 1.82) is 0 Å². The van der Waals surface area contributed by atoms with Crippen LogP contribution in [0.1, 0.15) is 51.1 Å². The van der Waals surface area contributed by atoms with Crippen LogP contribution in [0.25, 0.3) is 11.1 Å². The van der Waals surface area contributed by atoms with Crippen LogP contribution in [0.2, 0.25) is 0 Å². The van der Waals surface area contributed by atoms with Gasteiger partial charge < -0.3 is 19.9 Å². The van der Waals surface area contributed by atoms with E-state index < -0.39 is 0 Å². The first-order valence-corrected chi connectivity index (χ1v) is 12.5. The maximum atomic E-state index is 12.4. The van der Waals surface area contributed by atoms with E-state index in [-0.39, 0.29) is 23.8 Å². The van der Waals surface area contributed by atoms with Crippen LogP contribution < -0.4 is 19.9 Å². The number of benzene rings is 1. The van der Waals surface area contributed by atoms with Crippen LogP contribution in [0.15, 0.2) is 42.7 Å². The Bertz CT molecular complexity index is 1340. The first-order chi connectivity index (χ1) is 17.5. The number of hydrogen-bond donors (Lipinski definition) is 1. The molecule has 0 saturated carbocycles. The lowest BCUT2D eigenvalue weighted by atomic mass is 9.99. The second-order valence-corrected chi connectivity index (χ2v) is 9.78. The largest absolute Gasteiger partial charge is 0.474 e. The third-order valence-electron chi connectivity index (χ3n) is 7.01. The Morgan fingerprint density at radius 1 is 1.06 bits per heavy atom. The fraction of sp³-hybridized carbons (Fsp3) is 0.370. The summed E-state index contributed by atoms with van der Waals surface area (Å²) in [6.07, 6.45) is 6.35. The molecule has 9 nitrogen and oxygen atoms in total. The summed E-state index contributed by atoms with van der Waals surface area (Å²) < 4.78 is 5.77. The van der Waals surface area contributed by atoms with Gasteiger partial charge in [0, 0.05) is 36.8 Å². The number of nitrogens with zero attached hydrogens (tertiary/aromatic N) is 5. The fourth-order valence-electron chi connectivity index (χ4n) is 5.19. The van der Waals surface area contributed by atoms with E-state index in [1.807, 2.05) is 41.4 Å². The van der Waals surface area contributed by atoms with Crippen molar-refractivity contribution in [3.05, 3.63) is 48.4 Å². The maximum Gasteiger partial charge on any atom is 0.238 e. The highest BCUT2D eigenvalue weighted by atomic mass is 16.5. The van der Waals surface area contributed by atoms with Crippen LogP contribution >= 0.6 is 0 Å². The molecule has 9 heteroatoms. The van der Waals surface area contributed by atoms with Gasteiger partial charge in [0.1, 0.15) is 12.3 Å². The molecule has 2 fully saturated rings. The molecular weight excluding hydrogens is 456 g/mol. The third kappa shape index (κ3) is 3.94. The number of carbonyl (C=O) groups is 2. The highest BCUT2D eigenvalue weighted by Gasteiger charge is 2.38. The average molecular weight is 485 g/mol. The SMILES string of the molecule is CC(C)c1nc(Nc2cnc3c(c2)N2C(=O)CC[C@H]2CO3)ncc1-c1ccc(N2CCCC2=O)cc1. The minimum atomic E-state index is 0.0695. The van der Waals surface area contributed by atoms with Gasteiger partial charge in [0.25, 0.3) is 0 Å². The van der Waals surface area contributed by atoms with Gasteiger partial charge in [-0.2, -0.15) is 0 Å². The zero-order chi connectivity index (χ0) is 24.8. The van der Waals surface area contributed by atoms with E-state index >= 15 is 0 Å². The van der Waals surface area contributed by atoms with Crippen molar-refractivity contribution in [2.75, 3.05) is 28.3 Å². The molecule has 3 aliphatic heterocycles. The maximum absolute atomic E-state index is 12.4. The molecule has 0 spiro atoms. The predicted octanol–water partition coefficient (Wildman–Crippen LogP) is 4.42. The molecule has 1 aromatic carbocycles. The normalized spacial score (nSPS) is 18.9. The molecule has 0 unspecified atom stereocenters. The lowest BCUT2D eigenvalue weighted by Gasteiger charge is -2.31. The first-order valence-electron chi connectivity index (χ1n) is 12.5. The van der Waals surface area contributed by atoms with Gasteiger partial charge in [-0.1, -0.05) is 26.0 Å². The van der Waals surface area contributed by atoms with Gasteiger partial charge in [-0.3, -0.25) is 9.59 Å². The molecule has 184 valence electrons. The Balaban J connectivity index is 1.27. The average Bonchev–Trinajstić information content (AvgIpc) is 3.49. The lowest BCUT2D eigenvalue weighted by molar-refractivity contribution is -0.118. The van der Waals surface area contributed by atoms with Gasteiger partial charge in [-0.15, -0.1) is 0 Å². The van der Waals surface area contributed by atoms with Crippen molar-refractivity contribution >= 4 is 34.8 Å². The molecule has 1 N–H and O–H groups in total. The fourth-order valence-corrected chi connectivity index (χ4v) is 5.19. The van der Waals surface area contributed by atoms with E-state index in [1.54, 1.807) is 11.1 Å². The van der Waals surface area contributed by atoms with Crippen LogP contribution in [0.5, 0.6) is 5.88 Å². The van der Waals surface area contributed by atoms with Gasteiger partial charge >= 0.3 is 0 Å². The molecule has 0 bridgehead atoms. The number of rotatable bonds is 5. The van der Waals surface area contributed by atoms with E-state index in [1.165, 1.54) is 0 Å². The van der Waals surface area contributed by atoms with Gasteiger partial charge in [0.2, 0.25) is 23.6 Å². The number of pyridine rings is 1. The van der Waals surface area contributed by atoms with Gasteiger partial charge in [-0.05, 0) is 42.5 Å². The van der Waals surface area contributed by atoms with Crippen LogP contribution in [-0.2, 0) is 9.59 Å². The van der Waals surface area contributed by atoms with Crippen molar-refractivity contribution < 1.29 is 14.3 Å². The van der Waals surface area contributed by atoms with Gasteiger partial charge in [-0.25, -0.2) is 15.0 Å². The second kappa shape index (κ2) is 8.89. The Hall–Kier alpha value is -4.01. The Labute approximate surface area is 209 Å². The quantitative estimate of drug-likeness (QED) is 0.572. The summed E-state index contributed by atoms with van der Waals surface area (Å²) in [6, 6.07) is 9.97. The van der Waals surface area contributed by atoms with E-state index in [0.29, 0.717) is 42.7 Å². The van der Waals surface area contributed by atoms with E-state index in [9.17, 15) is 9.59 Å². The number of anilines is 4. The molecule has 5 heterocycles. The van der Waals surface area contributed by atoms with Crippen LogP contribution in [0, 0.1) is 0 Å². The van der Waals surface area contributed by atoms with Gasteiger partial charge in [0.05, 0.1) is 23.6 Å². The number of fused-ring (bicyclic) bond motifs is 3. The molecule has 3 aliphatic rings. The summed E-state index contributed by atoms with van der Waals surface area (Å²) in [5, 5.41) is 3.25. The van der Waals surface area contributed by atoms with Crippen LogP contribution in [-0.4, -0.2) is 46.0 Å². The van der Waals surface area contributed by atoms with Crippen molar-refractivity contribution in [2.45, 2.75) is 51.5 Å². The number of amides is 2. The van der Waals surface area contributed by atoms with E-state index in [4.69, 9.17) is 9.72 Å². The molecule has 2 amide bonds. The molecule has 2 aromatic heterocycles.